The molecule has 4 nitrogen and oxygen atoms in total. The molecule has 90 valence electrons. The van der Waals surface area contributed by atoms with E-state index in [-0.39, 0.29) is 30.5 Å². The minimum Gasteiger partial charge on any atom is -0.379 e. The van der Waals surface area contributed by atoms with Crippen LogP contribution in [0.25, 0.3) is 0 Å². The fourth-order valence-electron chi connectivity index (χ4n) is 1.86. The van der Waals surface area contributed by atoms with Crippen molar-refractivity contribution in [2.24, 2.45) is 5.73 Å². The third-order valence-electron chi connectivity index (χ3n) is 2.75. The van der Waals surface area contributed by atoms with Crippen LogP contribution < -0.4 is 11.1 Å². The topological polar surface area (TPSA) is 64.3 Å². The molecule has 5 heteroatoms. The van der Waals surface area contributed by atoms with Crippen molar-refractivity contribution >= 4 is 18.3 Å². The van der Waals surface area contributed by atoms with Crippen LogP contribution in [0.1, 0.15) is 32.6 Å². The van der Waals surface area contributed by atoms with Crippen molar-refractivity contribution in [1.82, 2.24) is 5.32 Å². The first-order valence-corrected chi connectivity index (χ1v) is 5.24. The number of halogens is 1. The lowest BCUT2D eigenvalue weighted by Gasteiger charge is -2.31. The molecule has 3 N–H and O–H groups in total. The molecule has 0 aromatic carbocycles. The maximum Gasteiger partial charge on any atom is 0.236 e. The molecule has 0 bridgehead atoms. The van der Waals surface area contributed by atoms with Gasteiger partial charge < -0.3 is 15.8 Å². The quantitative estimate of drug-likeness (QED) is 0.763. The fraction of sp³-hybridized carbons (Fsp3) is 0.900. The Kier molecular flexibility index (Phi) is 6.89. The van der Waals surface area contributed by atoms with E-state index in [0.717, 1.165) is 19.3 Å². The summed E-state index contributed by atoms with van der Waals surface area (Å²) in [4.78, 5) is 11.4. The summed E-state index contributed by atoms with van der Waals surface area (Å²) in [5.41, 5.74) is 5.49. The number of methoxy groups -OCH3 is 1. The number of carbonyl (C=O) groups excluding carboxylic acids is 1. The third-order valence-corrected chi connectivity index (χ3v) is 2.75. The monoisotopic (exact) mass is 236 g/mol. The summed E-state index contributed by atoms with van der Waals surface area (Å²) in [6.45, 7) is 1.69. The van der Waals surface area contributed by atoms with Gasteiger partial charge in [0, 0.05) is 7.11 Å². The molecule has 15 heavy (non-hydrogen) atoms. The van der Waals surface area contributed by atoms with E-state index < -0.39 is 6.04 Å². The highest BCUT2D eigenvalue weighted by Gasteiger charge is 2.26. The van der Waals surface area contributed by atoms with Gasteiger partial charge in [0.05, 0.1) is 18.2 Å². The first-order valence-electron chi connectivity index (χ1n) is 5.24. The lowest BCUT2D eigenvalue weighted by molar-refractivity contribution is -0.124. The van der Waals surface area contributed by atoms with E-state index >= 15 is 0 Å². The molecule has 1 amide bonds. The second-order valence-electron chi connectivity index (χ2n) is 3.96. The number of nitrogens with one attached hydrogen (secondary N) is 1. The van der Waals surface area contributed by atoms with E-state index in [1.807, 2.05) is 0 Å². The molecule has 0 spiro atoms. The predicted octanol–water partition coefficient (Wildman–Crippen LogP) is 0.829. The molecule has 1 rings (SSSR count). The fourth-order valence-corrected chi connectivity index (χ4v) is 1.86. The number of ether oxygens (including phenoxy) is 1. The molecule has 0 aliphatic heterocycles. The van der Waals surface area contributed by atoms with Crippen LogP contribution in [-0.4, -0.2) is 31.2 Å². The summed E-state index contributed by atoms with van der Waals surface area (Å²) in [6.07, 6.45) is 4.52. The standard InChI is InChI=1S/C10H20N2O2.ClH/c1-7(11)10(13)12-8-5-3-4-6-9(8)14-2;/h7-9H,3-6,11H2,1-2H3,(H,12,13);1H. The van der Waals surface area contributed by atoms with Crippen molar-refractivity contribution in [1.29, 1.82) is 0 Å². The number of rotatable bonds is 3. The van der Waals surface area contributed by atoms with Gasteiger partial charge in [-0.3, -0.25) is 4.79 Å². The number of nitrogens with two attached hydrogens (primary N) is 1. The maximum absolute atomic E-state index is 11.4. The van der Waals surface area contributed by atoms with E-state index in [1.54, 1.807) is 14.0 Å². The second kappa shape index (κ2) is 7.04. The Balaban J connectivity index is 0.00000196. The molecule has 0 aromatic rings. The van der Waals surface area contributed by atoms with Crippen LogP contribution in [0.2, 0.25) is 0 Å². The minimum absolute atomic E-state index is 0. The molecule has 1 aliphatic carbocycles. The number of carbonyl (C=O) groups is 1. The molecule has 0 radical (unpaired) electrons. The molecule has 3 unspecified atom stereocenters. The summed E-state index contributed by atoms with van der Waals surface area (Å²) in [7, 11) is 1.70. The predicted molar refractivity (Wildman–Crippen MR) is 62.1 cm³/mol. The van der Waals surface area contributed by atoms with Crippen molar-refractivity contribution in [3.8, 4) is 0 Å². The Hall–Kier alpha value is -0.320. The summed E-state index contributed by atoms with van der Waals surface area (Å²) < 4.78 is 5.33. The van der Waals surface area contributed by atoms with Crippen molar-refractivity contribution < 1.29 is 9.53 Å². The van der Waals surface area contributed by atoms with Crippen molar-refractivity contribution in [3.63, 3.8) is 0 Å². The van der Waals surface area contributed by atoms with Crippen molar-refractivity contribution in [2.45, 2.75) is 50.8 Å². The third kappa shape index (κ3) is 4.36. The Bertz CT molecular complexity index is 200. The van der Waals surface area contributed by atoms with Crippen LogP contribution in [-0.2, 0) is 9.53 Å². The van der Waals surface area contributed by atoms with E-state index in [1.165, 1.54) is 6.42 Å². The largest absolute Gasteiger partial charge is 0.379 e. The van der Waals surface area contributed by atoms with Gasteiger partial charge in [0.25, 0.3) is 0 Å². The number of amides is 1. The number of hydrogen-bond donors (Lipinski definition) is 2. The van der Waals surface area contributed by atoms with E-state index in [0.29, 0.717) is 0 Å². The highest BCUT2D eigenvalue weighted by Crippen LogP contribution is 2.20. The highest BCUT2D eigenvalue weighted by atomic mass is 35.5. The second-order valence-corrected chi connectivity index (χ2v) is 3.96. The molecule has 1 saturated carbocycles. The maximum atomic E-state index is 11.4. The highest BCUT2D eigenvalue weighted by molar-refractivity contribution is 5.85. The molecule has 0 aromatic heterocycles. The Labute approximate surface area is 97.3 Å². The first-order chi connectivity index (χ1) is 6.65. The van der Waals surface area contributed by atoms with Gasteiger partial charge in [0.2, 0.25) is 5.91 Å². The average molecular weight is 237 g/mol. The zero-order valence-corrected chi connectivity index (χ0v) is 10.2. The molecule has 0 saturated heterocycles. The smallest absolute Gasteiger partial charge is 0.236 e. The molecule has 1 aliphatic rings. The Morgan fingerprint density at radius 3 is 2.60 bits per heavy atom. The zero-order valence-electron chi connectivity index (χ0n) is 9.36. The lowest BCUT2D eigenvalue weighted by atomic mass is 9.92. The normalized spacial score (nSPS) is 27.7. The Morgan fingerprint density at radius 1 is 1.47 bits per heavy atom. The lowest BCUT2D eigenvalue weighted by Crippen LogP contribution is -2.50. The van der Waals surface area contributed by atoms with Crippen LogP contribution in [0.3, 0.4) is 0 Å². The molecule has 3 atom stereocenters. The van der Waals surface area contributed by atoms with Gasteiger partial charge in [-0.15, -0.1) is 12.4 Å². The van der Waals surface area contributed by atoms with E-state index in [9.17, 15) is 4.79 Å². The van der Waals surface area contributed by atoms with Crippen molar-refractivity contribution in [2.75, 3.05) is 7.11 Å². The van der Waals surface area contributed by atoms with Gasteiger partial charge in [-0.25, -0.2) is 0 Å². The van der Waals surface area contributed by atoms with Crippen LogP contribution >= 0.6 is 12.4 Å². The van der Waals surface area contributed by atoms with Crippen LogP contribution in [0, 0.1) is 0 Å². The van der Waals surface area contributed by atoms with Crippen LogP contribution in [0.15, 0.2) is 0 Å². The number of hydrogen-bond acceptors (Lipinski definition) is 3. The van der Waals surface area contributed by atoms with Gasteiger partial charge in [-0.1, -0.05) is 12.8 Å². The molecule has 0 heterocycles. The summed E-state index contributed by atoms with van der Waals surface area (Å²) in [5.74, 6) is -0.0843. The minimum atomic E-state index is -0.436. The van der Waals surface area contributed by atoms with E-state index in [2.05, 4.69) is 5.32 Å². The van der Waals surface area contributed by atoms with Gasteiger partial charge >= 0.3 is 0 Å². The average Bonchev–Trinajstić information content (AvgIpc) is 2.18. The molecular weight excluding hydrogens is 216 g/mol. The van der Waals surface area contributed by atoms with E-state index in [4.69, 9.17) is 10.5 Å². The first kappa shape index (κ1) is 14.7. The molecule has 1 fully saturated rings. The zero-order chi connectivity index (χ0) is 10.6. The van der Waals surface area contributed by atoms with Crippen LogP contribution in [0.5, 0.6) is 0 Å². The SMILES string of the molecule is COC1CCCCC1NC(=O)C(C)N.Cl. The summed E-state index contributed by atoms with van der Waals surface area (Å²) >= 11 is 0. The molecular formula is C10H21ClN2O2. The van der Waals surface area contributed by atoms with Gasteiger partial charge in [-0.05, 0) is 19.8 Å². The Morgan fingerprint density at radius 2 is 2.07 bits per heavy atom. The van der Waals surface area contributed by atoms with Gasteiger partial charge in [0.15, 0.2) is 0 Å². The van der Waals surface area contributed by atoms with Gasteiger partial charge in [0.1, 0.15) is 0 Å². The summed E-state index contributed by atoms with van der Waals surface area (Å²) in [6, 6.07) is -0.290. The van der Waals surface area contributed by atoms with Crippen molar-refractivity contribution in [3.05, 3.63) is 0 Å². The summed E-state index contributed by atoms with van der Waals surface area (Å²) in [5, 5.41) is 2.93. The van der Waals surface area contributed by atoms with Crippen LogP contribution in [0.4, 0.5) is 0 Å². The van der Waals surface area contributed by atoms with Gasteiger partial charge in [-0.2, -0.15) is 0 Å².